The van der Waals surface area contributed by atoms with Crippen molar-refractivity contribution in [2.45, 2.75) is 42.5 Å². The van der Waals surface area contributed by atoms with E-state index in [-0.39, 0.29) is 22.5 Å². The van der Waals surface area contributed by atoms with Crippen LogP contribution >= 0.6 is 11.8 Å². The summed E-state index contributed by atoms with van der Waals surface area (Å²) in [7, 11) is -3.61. The molecule has 27 heavy (non-hydrogen) atoms. The Morgan fingerprint density at radius 3 is 2.44 bits per heavy atom. The summed E-state index contributed by atoms with van der Waals surface area (Å²) in [6, 6.07) is 9.04. The van der Waals surface area contributed by atoms with E-state index in [9.17, 15) is 13.2 Å². The molecule has 1 fully saturated rings. The van der Waals surface area contributed by atoms with Gasteiger partial charge in [-0.2, -0.15) is 4.31 Å². The van der Waals surface area contributed by atoms with E-state index in [1.165, 1.54) is 10.4 Å². The maximum Gasteiger partial charge on any atom is 0.287 e. The number of nitrogens with zero attached hydrogens (tertiary/aromatic N) is 1. The molecule has 2 heterocycles. The van der Waals surface area contributed by atoms with Crippen LogP contribution < -0.4 is 5.32 Å². The number of carbonyl (C=O) groups is 1. The third-order valence-electron chi connectivity index (χ3n) is 4.74. The maximum atomic E-state index is 12.7. The van der Waals surface area contributed by atoms with Crippen molar-refractivity contribution < 1.29 is 17.6 Å². The van der Waals surface area contributed by atoms with Crippen LogP contribution in [0.25, 0.3) is 0 Å². The predicted octanol–water partition coefficient (Wildman–Crippen LogP) is 3.59. The third kappa shape index (κ3) is 4.23. The Balaban J connectivity index is 1.75. The molecule has 0 radical (unpaired) electrons. The van der Waals surface area contributed by atoms with Crippen LogP contribution in [-0.2, 0) is 10.0 Å². The molecule has 1 aromatic heterocycles. The highest BCUT2D eigenvalue weighted by molar-refractivity contribution is 7.98. The fourth-order valence-electron chi connectivity index (χ4n) is 3.14. The van der Waals surface area contributed by atoms with Gasteiger partial charge in [0.15, 0.2) is 5.76 Å². The van der Waals surface area contributed by atoms with Gasteiger partial charge in [0.2, 0.25) is 10.0 Å². The van der Waals surface area contributed by atoms with Crippen LogP contribution in [0, 0.1) is 6.92 Å². The van der Waals surface area contributed by atoms with Crippen LogP contribution in [0.2, 0.25) is 0 Å². The summed E-state index contributed by atoms with van der Waals surface area (Å²) < 4.78 is 32.4. The van der Waals surface area contributed by atoms with Crippen LogP contribution in [0.3, 0.4) is 0 Å². The van der Waals surface area contributed by atoms with E-state index in [1.807, 2.05) is 37.4 Å². The largest absolute Gasteiger partial charge is 0.455 e. The zero-order valence-corrected chi connectivity index (χ0v) is 17.3. The minimum absolute atomic E-state index is 0.0119. The van der Waals surface area contributed by atoms with Crippen molar-refractivity contribution in [2.75, 3.05) is 19.3 Å². The quantitative estimate of drug-likeness (QED) is 0.739. The molecule has 1 aromatic carbocycles. The van der Waals surface area contributed by atoms with Gasteiger partial charge in [0.1, 0.15) is 10.7 Å². The lowest BCUT2D eigenvalue weighted by atomic mass is 10.1. The van der Waals surface area contributed by atoms with Crippen molar-refractivity contribution >= 4 is 27.7 Å². The number of rotatable bonds is 6. The van der Waals surface area contributed by atoms with Crippen molar-refractivity contribution in [3.8, 4) is 0 Å². The van der Waals surface area contributed by atoms with E-state index in [4.69, 9.17) is 4.42 Å². The number of hydrogen-bond acceptors (Lipinski definition) is 5. The van der Waals surface area contributed by atoms with Gasteiger partial charge in [0.05, 0.1) is 6.04 Å². The lowest BCUT2D eigenvalue weighted by molar-refractivity contribution is 0.0910. The van der Waals surface area contributed by atoms with Crippen LogP contribution in [-0.4, -0.2) is 38.0 Å². The Bertz CT molecular complexity index is 914. The van der Waals surface area contributed by atoms with Gasteiger partial charge in [-0.25, -0.2) is 8.42 Å². The van der Waals surface area contributed by atoms with E-state index < -0.39 is 15.9 Å². The summed E-state index contributed by atoms with van der Waals surface area (Å²) in [5, 5.41) is 2.86. The molecule has 1 amide bonds. The second-order valence-electron chi connectivity index (χ2n) is 6.61. The molecule has 0 spiro atoms. The normalized spacial score (nSPS) is 16.4. The molecule has 0 unspecified atom stereocenters. The second-order valence-corrected chi connectivity index (χ2v) is 9.40. The predicted molar refractivity (Wildman–Crippen MR) is 106 cm³/mol. The van der Waals surface area contributed by atoms with Gasteiger partial charge in [-0.05, 0) is 50.6 Å². The minimum atomic E-state index is -3.61. The second kappa shape index (κ2) is 8.08. The number of carbonyl (C=O) groups excluding carboxylic acids is 1. The molecule has 1 N–H and O–H groups in total. The first kappa shape index (κ1) is 20.0. The van der Waals surface area contributed by atoms with E-state index in [0.717, 1.165) is 23.3 Å². The lowest BCUT2D eigenvalue weighted by Gasteiger charge is -2.14. The first-order valence-electron chi connectivity index (χ1n) is 8.88. The maximum absolute atomic E-state index is 12.7. The molecule has 1 saturated heterocycles. The third-order valence-corrected chi connectivity index (χ3v) is 7.49. The van der Waals surface area contributed by atoms with E-state index in [0.29, 0.717) is 13.1 Å². The van der Waals surface area contributed by atoms with Crippen molar-refractivity contribution in [3.05, 3.63) is 47.4 Å². The van der Waals surface area contributed by atoms with Crippen molar-refractivity contribution in [2.24, 2.45) is 0 Å². The Kier molecular flexibility index (Phi) is 5.98. The Labute approximate surface area is 164 Å². The number of benzene rings is 1. The monoisotopic (exact) mass is 408 g/mol. The summed E-state index contributed by atoms with van der Waals surface area (Å²) in [6.07, 6.45) is 3.72. The summed E-state index contributed by atoms with van der Waals surface area (Å²) in [5.41, 5.74) is 0.967. The van der Waals surface area contributed by atoms with Gasteiger partial charge >= 0.3 is 0 Å². The van der Waals surface area contributed by atoms with Gasteiger partial charge in [-0.3, -0.25) is 4.79 Å². The van der Waals surface area contributed by atoms with E-state index in [1.54, 1.807) is 18.7 Å². The molecule has 1 aliphatic rings. The first-order chi connectivity index (χ1) is 12.8. The highest BCUT2D eigenvalue weighted by atomic mass is 32.2. The van der Waals surface area contributed by atoms with Gasteiger partial charge in [0, 0.05) is 24.1 Å². The number of amides is 1. The highest BCUT2D eigenvalue weighted by Gasteiger charge is 2.31. The summed E-state index contributed by atoms with van der Waals surface area (Å²) in [6.45, 7) is 4.48. The Morgan fingerprint density at radius 1 is 1.22 bits per heavy atom. The first-order valence-corrected chi connectivity index (χ1v) is 11.5. The molecule has 0 saturated carbocycles. The molecule has 0 bridgehead atoms. The fourth-order valence-corrected chi connectivity index (χ4v) is 5.23. The van der Waals surface area contributed by atoms with Gasteiger partial charge in [-0.1, -0.05) is 12.1 Å². The van der Waals surface area contributed by atoms with Crippen LogP contribution in [0.5, 0.6) is 0 Å². The Morgan fingerprint density at radius 2 is 1.85 bits per heavy atom. The van der Waals surface area contributed by atoms with Gasteiger partial charge in [-0.15, -0.1) is 11.8 Å². The van der Waals surface area contributed by atoms with E-state index in [2.05, 4.69) is 5.32 Å². The molecule has 3 rings (SSSR count). The topological polar surface area (TPSA) is 79.6 Å². The van der Waals surface area contributed by atoms with Crippen molar-refractivity contribution in [1.82, 2.24) is 9.62 Å². The minimum Gasteiger partial charge on any atom is -0.455 e. The summed E-state index contributed by atoms with van der Waals surface area (Å²) in [4.78, 5) is 13.8. The van der Waals surface area contributed by atoms with Crippen LogP contribution in [0.15, 0.2) is 44.5 Å². The number of thioether (sulfide) groups is 1. The molecule has 146 valence electrons. The molecule has 6 nitrogen and oxygen atoms in total. The average molecular weight is 409 g/mol. The SMILES string of the molecule is CSc1ccc([C@@H](C)NC(=O)c2cc(S(=O)(=O)N3CCCC3)c(C)o2)cc1. The molecule has 8 heteroatoms. The summed E-state index contributed by atoms with van der Waals surface area (Å²) in [5.74, 6) is -0.177. The van der Waals surface area contributed by atoms with Crippen molar-refractivity contribution in [1.29, 1.82) is 0 Å². The number of aryl methyl sites for hydroxylation is 1. The molecule has 1 aliphatic heterocycles. The molecule has 1 atom stereocenters. The molecule has 2 aromatic rings. The number of hydrogen-bond donors (Lipinski definition) is 1. The molecular weight excluding hydrogens is 384 g/mol. The zero-order chi connectivity index (χ0) is 19.6. The van der Waals surface area contributed by atoms with Gasteiger partial charge in [0.25, 0.3) is 5.91 Å². The van der Waals surface area contributed by atoms with E-state index >= 15 is 0 Å². The van der Waals surface area contributed by atoms with Crippen molar-refractivity contribution in [3.63, 3.8) is 0 Å². The highest BCUT2D eigenvalue weighted by Crippen LogP contribution is 2.27. The Hall–Kier alpha value is -1.77. The number of sulfonamides is 1. The fraction of sp³-hybridized carbons (Fsp3) is 0.421. The standard InChI is InChI=1S/C19H24N2O4S2/c1-13(15-6-8-16(26-3)9-7-15)20-19(22)17-12-18(14(2)25-17)27(23,24)21-10-4-5-11-21/h6-9,12-13H,4-5,10-11H2,1-3H3,(H,20,22)/t13-/m1/s1. The molecule has 0 aliphatic carbocycles. The number of nitrogens with one attached hydrogen (secondary N) is 1. The molecular formula is C19H24N2O4S2. The number of furan rings is 1. The van der Waals surface area contributed by atoms with Gasteiger partial charge < -0.3 is 9.73 Å². The lowest BCUT2D eigenvalue weighted by Crippen LogP contribution is -2.28. The average Bonchev–Trinajstić information content (AvgIpc) is 3.32. The van der Waals surface area contributed by atoms with Crippen LogP contribution in [0.1, 0.15) is 47.7 Å². The zero-order valence-electron chi connectivity index (χ0n) is 15.7. The van der Waals surface area contributed by atoms with Crippen LogP contribution in [0.4, 0.5) is 0 Å². The smallest absolute Gasteiger partial charge is 0.287 e. The summed E-state index contributed by atoms with van der Waals surface area (Å²) >= 11 is 1.65.